The van der Waals surface area contributed by atoms with Gasteiger partial charge in [-0.3, -0.25) is 4.79 Å². The summed E-state index contributed by atoms with van der Waals surface area (Å²) < 4.78 is 0. The highest BCUT2D eigenvalue weighted by Gasteiger charge is 2.34. The molecular formula is C15H21NO3S. The number of hydrogen-bond donors (Lipinski definition) is 2. The lowest BCUT2D eigenvalue weighted by Gasteiger charge is -2.26. The van der Waals surface area contributed by atoms with Crippen LogP contribution in [0.15, 0.2) is 23.1 Å². The van der Waals surface area contributed by atoms with E-state index in [0.717, 1.165) is 10.5 Å². The molecule has 1 atom stereocenters. The van der Waals surface area contributed by atoms with Gasteiger partial charge in [-0.05, 0) is 44.2 Å². The Labute approximate surface area is 124 Å². The molecule has 0 aliphatic carbocycles. The van der Waals surface area contributed by atoms with Crippen LogP contribution in [0.2, 0.25) is 0 Å². The summed E-state index contributed by atoms with van der Waals surface area (Å²) >= 11 is 1.55. The maximum atomic E-state index is 12.3. The molecule has 0 heterocycles. The second-order valence-corrected chi connectivity index (χ2v) is 5.90. The Morgan fingerprint density at radius 2 is 2.05 bits per heavy atom. The molecule has 0 saturated carbocycles. The predicted molar refractivity (Wildman–Crippen MR) is 81.4 cm³/mol. The van der Waals surface area contributed by atoms with Crippen LogP contribution in [0, 0.1) is 6.92 Å². The molecule has 0 aliphatic heterocycles. The minimum Gasteiger partial charge on any atom is -0.480 e. The van der Waals surface area contributed by atoms with Crippen LogP contribution in [0.5, 0.6) is 0 Å². The molecule has 0 aromatic heterocycles. The number of aryl methyl sites for hydroxylation is 1. The molecule has 1 unspecified atom stereocenters. The number of carboxylic acids is 1. The van der Waals surface area contributed by atoms with Crippen molar-refractivity contribution >= 4 is 23.6 Å². The van der Waals surface area contributed by atoms with E-state index in [-0.39, 0.29) is 5.91 Å². The second kappa shape index (κ2) is 6.79. The summed E-state index contributed by atoms with van der Waals surface area (Å²) in [5.74, 6) is -1.34. The van der Waals surface area contributed by atoms with Crippen LogP contribution < -0.4 is 5.32 Å². The fraction of sp³-hybridized carbons (Fsp3) is 0.467. The SMILES string of the molecule is CCCC(C)(NC(=O)c1cc(SC)ccc1C)C(=O)O. The van der Waals surface area contributed by atoms with Gasteiger partial charge in [0.05, 0.1) is 0 Å². The van der Waals surface area contributed by atoms with Crippen LogP contribution in [-0.4, -0.2) is 28.8 Å². The number of carboxylic acid groups (broad SMARTS) is 1. The van der Waals surface area contributed by atoms with Gasteiger partial charge in [-0.15, -0.1) is 11.8 Å². The largest absolute Gasteiger partial charge is 0.480 e. The van der Waals surface area contributed by atoms with Crippen molar-refractivity contribution in [3.8, 4) is 0 Å². The van der Waals surface area contributed by atoms with Crippen LogP contribution in [0.4, 0.5) is 0 Å². The van der Waals surface area contributed by atoms with E-state index in [4.69, 9.17) is 0 Å². The van der Waals surface area contributed by atoms with Crippen LogP contribution in [0.1, 0.15) is 42.6 Å². The first-order valence-electron chi connectivity index (χ1n) is 6.54. The zero-order valence-corrected chi connectivity index (χ0v) is 13.1. The quantitative estimate of drug-likeness (QED) is 0.791. The van der Waals surface area contributed by atoms with Gasteiger partial charge in [0, 0.05) is 10.5 Å². The van der Waals surface area contributed by atoms with E-state index >= 15 is 0 Å². The van der Waals surface area contributed by atoms with Crippen molar-refractivity contribution in [2.24, 2.45) is 0 Å². The number of amides is 1. The highest BCUT2D eigenvalue weighted by atomic mass is 32.2. The number of benzene rings is 1. The molecule has 5 heteroatoms. The van der Waals surface area contributed by atoms with E-state index in [1.165, 1.54) is 0 Å². The third-order valence-electron chi connectivity index (χ3n) is 3.30. The topological polar surface area (TPSA) is 66.4 Å². The smallest absolute Gasteiger partial charge is 0.329 e. The van der Waals surface area contributed by atoms with Crippen molar-refractivity contribution in [1.82, 2.24) is 5.32 Å². The molecule has 1 rings (SSSR count). The number of carbonyl (C=O) groups is 2. The third kappa shape index (κ3) is 3.76. The van der Waals surface area contributed by atoms with Gasteiger partial charge in [0.15, 0.2) is 0 Å². The monoisotopic (exact) mass is 295 g/mol. The van der Waals surface area contributed by atoms with Crippen molar-refractivity contribution in [2.45, 2.75) is 44.0 Å². The molecular weight excluding hydrogens is 274 g/mol. The van der Waals surface area contributed by atoms with Crippen molar-refractivity contribution in [3.05, 3.63) is 29.3 Å². The molecule has 1 aromatic carbocycles. The van der Waals surface area contributed by atoms with Crippen molar-refractivity contribution in [2.75, 3.05) is 6.26 Å². The molecule has 0 aliphatic rings. The highest BCUT2D eigenvalue weighted by Crippen LogP contribution is 2.20. The maximum Gasteiger partial charge on any atom is 0.329 e. The fourth-order valence-electron chi connectivity index (χ4n) is 2.01. The number of aliphatic carboxylic acids is 1. The summed E-state index contributed by atoms with van der Waals surface area (Å²) in [5.41, 5.74) is 0.137. The van der Waals surface area contributed by atoms with Gasteiger partial charge in [-0.2, -0.15) is 0 Å². The third-order valence-corrected chi connectivity index (χ3v) is 4.03. The number of thioether (sulfide) groups is 1. The Balaban J connectivity index is 3.03. The normalized spacial score (nSPS) is 13.6. The number of hydrogen-bond acceptors (Lipinski definition) is 3. The zero-order chi connectivity index (χ0) is 15.3. The molecule has 0 spiro atoms. The van der Waals surface area contributed by atoms with E-state index in [1.54, 1.807) is 24.8 Å². The lowest BCUT2D eigenvalue weighted by molar-refractivity contribution is -0.144. The molecule has 0 bridgehead atoms. The standard InChI is InChI=1S/C15H21NO3S/c1-5-8-15(3,14(18)19)16-13(17)12-9-11(20-4)7-6-10(12)2/h6-7,9H,5,8H2,1-4H3,(H,16,17)(H,18,19). The number of nitrogens with one attached hydrogen (secondary N) is 1. The van der Waals surface area contributed by atoms with E-state index in [0.29, 0.717) is 18.4 Å². The highest BCUT2D eigenvalue weighted by molar-refractivity contribution is 7.98. The van der Waals surface area contributed by atoms with Crippen molar-refractivity contribution in [1.29, 1.82) is 0 Å². The van der Waals surface area contributed by atoms with Crippen LogP contribution >= 0.6 is 11.8 Å². The molecule has 4 nitrogen and oxygen atoms in total. The summed E-state index contributed by atoms with van der Waals surface area (Å²) in [6.07, 6.45) is 3.02. The number of rotatable bonds is 6. The fourth-order valence-corrected chi connectivity index (χ4v) is 2.45. The Hall–Kier alpha value is -1.49. The maximum absolute atomic E-state index is 12.3. The molecule has 110 valence electrons. The van der Waals surface area contributed by atoms with Gasteiger partial charge in [0.25, 0.3) is 5.91 Å². The minimum atomic E-state index is -1.23. The Morgan fingerprint density at radius 3 is 2.55 bits per heavy atom. The Bertz CT molecular complexity index is 516. The molecule has 2 N–H and O–H groups in total. The number of carbonyl (C=O) groups excluding carboxylic acids is 1. The van der Waals surface area contributed by atoms with E-state index in [1.807, 2.05) is 32.2 Å². The summed E-state index contributed by atoms with van der Waals surface area (Å²) in [6.45, 7) is 5.29. The van der Waals surface area contributed by atoms with Gasteiger partial charge in [0.2, 0.25) is 0 Å². The molecule has 0 radical (unpaired) electrons. The molecule has 1 aromatic rings. The Kier molecular flexibility index (Phi) is 5.62. The predicted octanol–water partition coefficient (Wildman–Crippen LogP) is 3.09. The van der Waals surface area contributed by atoms with Gasteiger partial charge in [-0.1, -0.05) is 19.4 Å². The lowest BCUT2D eigenvalue weighted by Crippen LogP contribution is -2.52. The molecule has 20 heavy (non-hydrogen) atoms. The van der Waals surface area contributed by atoms with E-state index < -0.39 is 11.5 Å². The average Bonchev–Trinajstić information content (AvgIpc) is 2.39. The minimum absolute atomic E-state index is 0.336. The summed E-state index contributed by atoms with van der Waals surface area (Å²) in [5, 5.41) is 12.0. The first-order chi connectivity index (χ1) is 9.34. The summed E-state index contributed by atoms with van der Waals surface area (Å²) in [6, 6.07) is 5.61. The van der Waals surface area contributed by atoms with Crippen LogP contribution in [-0.2, 0) is 4.79 Å². The molecule has 1 amide bonds. The van der Waals surface area contributed by atoms with Gasteiger partial charge in [0.1, 0.15) is 5.54 Å². The van der Waals surface area contributed by atoms with Crippen LogP contribution in [0.3, 0.4) is 0 Å². The Morgan fingerprint density at radius 1 is 1.40 bits per heavy atom. The first kappa shape index (κ1) is 16.6. The van der Waals surface area contributed by atoms with E-state index in [9.17, 15) is 14.7 Å². The van der Waals surface area contributed by atoms with Crippen molar-refractivity contribution in [3.63, 3.8) is 0 Å². The van der Waals surface area contributed by atoms with Gasteiger partial charge >= 0.3 is 5.97 Å². The second-order valence-electron chi connectivity index (χ2n) is 5.02. The van der Waals surface area contributed by atoms with Gasteiger partial charge < -0.3 is 10.4 Å². The van der Waals surface area contributed by atoms with E-state index in [2.05, 4.69) is 5.32 Å². The molecule has 0 saturated heterocycles. The van der Waals surface area contributed by atoms with Gasteiger partial charge in [-0.25, -0.2) is 4.79 Å². The molecule has 0 fully saturated rings. The summed E-state index contributed by atoms with van der Waals surface area (Å²) in [7, 11) is 0. The summed E-state index contributed by atoms with van der Waals surface area (Å²) in [4.78, 5) is 24.7. The van der Waals surface area contributed by atoms with Crippen LogP contribution in [0.25, 0.3) is 0 Å². The van der Waals surface area contributed by atoms with Crippen molar-refractivity contribution < 1.29 is 14.7 Å². The average molecular weight is 295 g/mol. The zero-order valence-electron chi connectivity index (χ0n) is 12.3. The lowest BCUT2D eigenvalue weighted by atomic mass is 9.95. The first-order valence-corrected chi connectivity index (χ1v) is 7.77.